The van der Waals surface area contributed by atoms with Crippen molar-refractivity contribution in [3.63, 3.8) is 0 Å². The zero-order valence-electron chi connectivity index (χ0n) is 15.7. The molecule has 0 aliphatic carbocycles. The Kier molecular flexibility index (Phi) is 6.86. The molecule has 0 saturated heterocycles. The lowest BCUT2D eigenvalue weighted by Gasteiger charge is -2.12. The van der Waals surface area contributed by atoms with Crippen molar-refractivity contribution in [1.29, 1.82) is 0 Å². The zero-order chi connectivity index (χ0) is 20.0. The second kappa shape index (κ2) is 8.92. The van der Waals surface area contributed by atoms with Crippen LogP contribution in [0.5, 0.6) is 5.75 Å². The molecule has 2 N–H and O–H groups in total. The van der Waals surface area contributed by atoms with Crippen molar-refractivity contribution in [3.05, 3.63) is 34.8 Å². The van der Waals surface area contributed by atoms with E-state index in [1.54, 1.807) is 24.3 Å². The van der Waals surface area contributed by atoms with Gasteiger partial charge in [0.05, 0.1) is 0 Å². The zero-order valence-corrected chi connectivity index (χ0v) is 16.5. The van der Waals surface area contributed by atoms with E-state index in [-0.39, 0.29) is 24.3 Å². The number of ether oxygens (including phenoxy) is 2. The van der Waals surface area contributed by atoms with Gasteiger partial charge in [-0.25, -0.2) is 4.79 Å². The fourth-order valence-corrected chi connectivity index (χ4v) is 2.91. The molecule has 2 rings (SSSR count). The summed E-state index contributed by atoms with van der Waals surface area (Å²) < 4.78 is 10.4. The first-order valence-electron chi connectivity index (χ1n) is 8.30. The molecule has 146 valence electrons. The molecular formula is C18H23N3O5S. The highest BCUT2D eigenvalue weighted by Gasteiger charge is 2.20. The largest absolute Gasteiger partial charge is 0.484 e. The van der Waals surface area contributed by atoms with Crippen LogP contribution in [0.15, 0.2) is 24.3 Å². The van der Waals surface area contributed by atoms with Gasteiger partial charge in [0.1, 0.15) is 10.8 Å². The second-order valence-corrected chi connectivity index (χ2v) is 7.89. The van der Waals surface area contributed by atoms with Gasteiger partial charge in [0.15, 0.2) is 12.7 Å². The van der Waals surface area contributed by atoms with Crippen molar-refractivity contribution in [3.8, 4) is 5.75 Å². The van der Waals surface area contributed by atoms with Crippen LogP contribution in [0.25, 0.3) is 0 Å². The Morgan fingerprint density at radius 3 is 2.41 bits per heavy atom. The maximum Gasteiger partial charge on any atom is 0.333 e. The molecule has 2 aromatic rings. The average Bonchev–Trinajstić information content (AvgIpc) is 3.07. The molecule has 1 amide bonds. The molecule has 0 bridgehead atoms. The molecule has 0 radical (unpaired) electrons. The van der Waals surface area contributed by atoms with Crippen molar-refractivity contribution in [2.45, 2.75) is 38.7 Å². The highest BCUT2D eigenvalue weighted by atomic mass is 32.1. The lowest BCUT2D eigenvalue weighted by Crippen LogP contribution is -2.24. The van der Waals surface area contributed by atoms with E-state index in [9.17, 15) is 9.59 Å². The number of amides is 1. The van der Waals surface area contributed by atoms with E-state index in [4.69, 9.17) is 14.6 Å². The van der Waals surface area contributed by atoms with Crippen molar-refractivity contribution in [1.82, 2.24) is 10.2 Å². The Morgan fingerprint density at radius 2 is 1.89 bits per heavy atom. The number of carboxylic acid groups (broad SMARTS) is 1. The minimum Gasteiger partial charge on any atom is -0.484 e. The summed E-state index contributed by atoms with van der Waals surface area (Å²) in [5.74, 6) is -0.840. The van der Waals surface area contributed by atoms with E-state index >= 15 is 0 Å². The summed E-state index contributed by atoms with van der Waals surface area (Å²) in [4.78, 5) is 23.0. The molecule has 27 heavy (non-hydrogen) atoms. The number of aromatic nitrogens is 2. The average molecular weight is 393 g/mol. The summed E-state index contributed by atoms with van der Waals surface area (Å²) >= 11 is 1.33. The van der Waals surface area contributed by atoms with Gasteiger partial charge in [0.2, 0.25) is 5.13 Å². The molecule has 1 unspecified atom stereocenters. The minimum absolute atomic E-state index is 0.124. The Bertz CT molecular complexity index is 783. The molecule has 0 aliphatic heterocycles. The molecule has 0 aliphatic rings. The summed E-state index contributed by atoms with van der Waals surface area (Å²) in [5, 5.41) is 21.0. The van der Waals surface area contributed by atoms with Crippen LogP contribution in [0.2, 0.25) is 0 Å². The third-order valence-corrected chi connectivity index (χ3v) is 4.85. The minimum atomic E-state index is -1.01. The van der Waals surface area contributed by atoms with Gasteiger partial charge in [0.25, 0.3) is 5.91 Å². The summed E-state index contributed by atoms with van der Waals surface area (Å²) in [6.07, 6.45) is -0.646. The first-order chi connectivity index (χ1) is 12.7. The van der Waals surface area contributed by atoms with Gasteiger partial charge in [-0.1, -0.05) is 44.2 Å². The third-order valence-electron chi connectivity index (χ3n) is 3.59. The first-order valence-corrected chi connectivity index (χ1v) is 9.12. The van der Waals surface area contributed by atoms with Crippen LogP contribution in [0.3, 0.4) is 0 Å². The number of methoxy groups -OCH3 is 1. The number of aliphatic carboxylic acids is 1. The summed E-state index contributed by atoms with van der Waals surface area (Å²) in [7, 11) is 1.36. The quantitative estimate of drug-likeness (QED) is 0.709. The number of benzene rings is 1. The van der Waals surface area contributed by atoms with Gasteiger partial charge < -0.3 is 14.6 Å². The number of nitrogens with zero attached hydrogens (tertiary/aromatic N) is 2. The van der Waals surface area contributed by atoms with Crippen LogP contribution < -0.4 is 10.1 Å². The molecule has 1 heterocycles. The highest BCUT2D eigenvalue weighted by molar-refractivity contribution is 7.15. The van der Waals surface area contributed by atoms with Crippen LogP contribution in [-0.4, -0.2) is 47.0 Å². The molecule has 1 aromatic carbocycles. The van der Waals surface area contributed by atoms with Crippen molar-refractivity contribution >= 4 is 28.3 Å². The van der Waals surface area contributed by atoms with Gasteiger partial charge in [-0.05, 0) is 17.7 Å². The lowest BCUT2D eigenvalue weighted by atomic mass is 9.98. The fourth-order valence-electron chi connectivity index (χ4n) is 2.09. The number of anilines is 1. The number of nitrogens with one attached hydrogen (secondary N) is 1. The summed E-state index contributed by atoms with van der Waals surface area (Å²) in [5.41, 5.74) is 0.672. The lowest BCUT2D eigenvalue weighted by molar-refractivity contribution is -0.148. The van der Waals surface area contributed by atoms with E-state index in [2.05, 4.69) is 15.5 Å². The van der Waals surface area contributed by atoms with E-state index in [0.717, 1.165) is 10.6 Å². The second-order valence-electron chi connectivity index (χ2n) is 6.91. The Hall–Kier alpha value is -2.52. The predicted octanol–water partition coefficient (Wildman–Crippen LogP) is 2.50. The number of hydrogen-bond acceptors (Lipinski definition) is 7. The highest BCUT2D eigenvalue weighted by Crippen LogP contribution is 2.27. The van der Waals surface area contributed by atoms with E-state index in [1.165, 1.54) is 18.4 Å². The molecule has 8 nitrogen and oxygen atoms in total. The monoisotopic (exact) mass is 393 g/mol. The summed E-state index contributed by atoms with van der Waals surface area (Å²) in [6.45, 7) is 5.91. The number of rotatable bonds is 8. The molecule has 1 atom stereocenters. The predicted molar refractivity (Wildman–Crippen MR) is 101 cm³/mol. The normalized spacial score (nSPS) is 12.4. The van der Waals surface area contributed by atoms with Crippen LogP contribution in [0.4, 0.5) is 5.13 Å². The summed E-state index contributed by atoms with van der Waals surface area (Å²) in [6, 6.07) is 6.84. The molecule has 9 heteroatoms. The maximum absolute atomic E-state index is 12.0. The van der Waals surface area contributed by atoms with Crippen molar-refractivity contribution in [2.75, 3.05) is 19.0 Å². The van der Waals surface area contributed by atoms with Crippen molar-refractivity contribution in [2.24, 2.45) is 0 Å². The SMILES string of the molecule is COC(Cc1ccc(OCC(=O)Nc2nnc(C(C)(C)C)s2)cc1)C(=O)O. The van der Waals surface area contributed by atoms with Crippen LogP contribution in [0.1, 0.15) is 31.3 Å². The van der Waals surface area contributed by atoms with E-state index in [0.29, 0.717) is 10.9 Å². The van der Waals surface area contributed by atoms with Gasteiger partial charge in [-0.3, -0.25) is 10.1 Å². The molecule has 0 spiro atoms. The smallest absolute Gasteiger partial charge is 0.333 e. The topological polar surface area (TPSA) is 111 Å². The van der Waals surface area contributed by atoms with Crippen molar-refractivity contribution < 1.29 is 24.2 Å². The van der Waals surface area contributed by atoms with Gasteiger partial charge in [0, 0.05) is 18.9 Å². The molecule has 0 fully saturated rings. The van der Waals surface area contributed by atoms with Crippen LogP contribution in [0, 0.1) is 0 Å². The number of carbonyl (C=O) groups is 2. The molecular weight excluding hydrogens is 370 g/mol. The third kappa shape index (κ3) is 6.30. The fraction of sp³-hybridized carbons (Fsp3) is 0.444. The van der Waals surface area contributed by atoms with Crippen LogP contribution in [-0.2, 0) is 26.2 Å². The first kappa shape index (κ1) is 20.8. The molecule has 1 aromatic heterocycles. The number of hydrogen-bond donors (Lipinski definition) is 2. The van der Waals surface area contributed by atoms with Gasteiger partial charge in [-0.2, -0.15) is 0 Å². The van der Waals surface area contributed by atoms with E-state index < -0.39 is 12.1 Å². The standard InChI is InChI=1S/C18H23N3O5S/c1-18(2,3)16-20-21-17(27-16)19-14(22)10-26-12-7-5-11(6-8-12)9-13(25-4)15(23)24/h5-8,13H,9-10H2,1-4H3,(H,23,24)(H,19,21,22). The molecule has 0 saturated carbocycles. The Balaban J connectivity index is 1.84. The van der Waals surface area contributed by atoms with Gasteiger partial charge >= 0.3 is 5.97 Å². The Morgan fingerprint density at radius 1 is 1.22 bits per heavy atom. The Labute approximate surface area is 161 Å². The van der Waals surface area contributed by atoms with E-state index in [1.807, 2.05) is 20.8 Å². The number of carboxylic acids is 1. The maximum atomic E-state index is 12.0. The number of carbonyl (C=O) groups excluding carboxylic acids is 1. The van der Waals surface area contributed by atoms with Gasteiger partial charge in [-0.15, -0.1) is 10.2 Å². The van der Waals surface area contributed by atoms with Crippen LogP contribution >= 0.6 is 11.3 Å².